The lowest BCUT2D eigenvalue weighted by atomic mass is 9.98. The number of aromatic nitrogens is 3. The van der Waals surface area contributed by atoms with Crippen LogP contribution in [-0.4, -0.2) is 40.4 Å². The van der Waals surface area contributed by atoms with Gasteiger partial charge in [-0.05, 0) is 50.6 Å². The Hall–Kier alpha value is -3.67. The fraction of sp³-hybridized carbons (Fsp3) is 0.259. The number of carbonyl (C=O) groups excluding carboxylic acids is 1. The van der Waals surface area contributed by atoms with Crippen LogP contribution in [0.2, 0.25) is 0 Å². The van der Waals surface area contributed by atoms with E-state index in [1.807, 2.05) is 29.6 Å². The molecular weight excluding hydrogens is 522 g/mol. The van der Waals surface area contributed by atoms with Gasteiger partial charge in [0.15, 0.2) is 11.8 Å². The van der Waals surface area contributed by atoms with Gasteiger partial charge < -0.3 is 10.1 Å². The van der Waals surface area contributed by atoms with E-state index in [0.29, 0.717) is 11.5 Å². The minimum Gasteiger partial charge on any atom is -0.444 e. The van der Waals surface area contributed by atoms with E-state index in [1.165, 1.54) is 16.6 Å². The normalized spacial score (nSPS) is 11.9. The number of esters is 1. The molecule has 0 saturated carbocycles. The molecule has 9 nitrogen and oxygen atoms in total. The standard InChI is InChI=1S/C27H29N5O4S2/c1-27(2,3)26(33)36-19-30-23-8-6-7-22(31-23)18-32(38(34,35)24-9-4-5-14-28-24)17-20-10-12-21(13-11-20)25-29-15-16-37-25/h4-16H,17-19H2,1-3H3,(H,30,31). The Morgan fingerprint density at radius 2 is 1.76 bits per heavy atom. The minimum absolute atomic E-state index is 0.0183. The van der Waals surface area contributed by atoms with Crippen molar-refractivity contribution in [3.05, 3.63) is 89.7 Å². The predicted molar refractivity (Wildman–Crippen MR) is 146 cm³/mol. The number of rotatable bonds is 10. The Bertz CT molecular complexity index is 1450. The number of hydrogen-bond acceptors (Lipinski definition) is 9. The van der Waals surface area contributed by atoms with E-state index in [9.17, 15) is 13.2 Å². The Labute approximate surface area is 226 Å². The zero-order valence-electron chi connectivity index (χ0n) is 21.4. The molecule has 0 bridgehead atoms. The third kappa shape index (κ3) is 7.00. The molecule has 1 aromatic carbocycles. The quantitative estimate of drug-likeness (QED) is 0.218. The van der Waals surface area contributed by atoms with Gasteiger partial charge in [-0.25, -0.2) is 23.4 Å². The summed E-state index contributed by atoms with van der Waals surface area (Å²) in [5.41, 5.74) is 1.69. The molecular formula is C27H29N5O4S2. The summed E-state index contributed by atoms with van der Waals surface area (Å²) in [6.07, 6.45) is 3.20. The van der Waals surface area contributed by atoms with E-state index in [2.05, 4.69) is 20.3 Å². The van der Waals surface area contributed by atoms with E-state index in [-0.39, 0.29) is 30.8 Å². The number of ether oxygens (including phenoxy) is 1. The number of sulfonamides is 1. The van der Waals surface area contributed by atoms with Gasteiger partial charge in [-0.3, -0.25) is 4.79 Å². The predicted octanol–water partition coefficient (Wildman–Crippen LogP) is 4.95. The second kappa shape index (κ2) is 11.8. The highest BCUT2D eigenvalue weighted by molar-refractivity contribution is 7.89. The fourth-order valence-corrected chi connectivity index (χ4v) is 5.39. The molecule has 11 heteroatoms. The Kier molecular flexibility index (Phi) is 8.50. The van der Waals surface area contributed by atoms with Crippen molar-refractivity contribution in [2.75, 3.05) is 12.0 Å². The van der Waals surface area contributed by atoms with Crippen molar-refractivity contribution in [1.82, 2.24) is 19.3 Å². The number of nitrogens with one attached hydrogen (secondary N) is 1. The van der Waals surface area contributed by atoms with Gasteiger partial charge in [-0.1, -0.05) is 36.4 Å². The second-order valence-electron chi connectivity index (χ2n) is 9.49. The summed E-state index contributed by atoms with van der Waals surface area (Å²) in [6.45, 7) is 5.42. The van der Waals surface area contributed by atoms with Gasteiger partial charge in [0.05, 0.1) is 17.7 Å². The largest absolute Gasteiger partial charge is 0.444 e. The first kappa shape index (κ1) is 27.4. The van der Waals surface area contributed by atoms with Crippen LogP contribution in [0.3, 0.4) is 0 Å². The third-order valence-electron chi connectivity index (χ3n) is 5.45. The molecule has 0 atom stereocenters. The molecule has 1 N–H and O–H groups in total. The maximum absolute atomic E-state index is 13.6. The Morgan fingerprint density at radius 1 is 0.974 bits per heavy atom. The van der Waals surface area contributed by atoms with Crippen molar-refractivity contribution in [2.24, 2.45) is 5.41 Å². The van der Waals surface area contributed by atoms with Gasteiger partial charge >= 0.3 is 5.97 Å². The lowest BCUT2D eigenvalue weighted by Crippen LogP contribution is -2.31. The van der Waals surface area contributed by atoms with E-state index in [4.69, 9.17) is 4.74 Å². The molecule has 4 rings (SSSR count). The Balaban J connectivity index is 1.54. The first-order chi connectivity index (χ1) is 18.1. The summed E-state index contributed by atoms with van der Waals surface area (Å²) in [7, 11) is -3.93. The summed E-state index contributed by atoms with van der Waals surface area (Å²) in [6, 6.07) is 17.7. The van der Waals surface area contributed by atoms with Gasteiger partial charge in [-0.15, -0.1) is 11.3 Å². The van der Waals surface area contributed by atoms with Gasteiger partial charge in [0.1, 0.15) is 10.8 Å². The van der Waals surface area contributed by atoms with Gasteiger partial charge in [-0.2, -0.15) is 4.31 Å². The molecule has 0 radical (unpaired) electrons. The summed E-state index contributed by atoms with van der Waals surface area (Å²) < 4.78 is 33.7. The zero-order valence-corrected chi connectivity index (χ0v) is 23.0. The molecule has 0 aliphatic rings. The molecule has 0 amide bonds. The smallest absolute Gasteiger partial charge is 0.312 e. The van der Waals surface area contributed by atoms with E-state index >= 15 is 0 Å². The number of anilines is 1. The summed E-state index contributed by atoms with van der Waals surface area (Å²) >= 11 is 1.54. The first-order valence-electron chi connectivity index (χ1n) is 11.9. The first-order valence-corrected chi connectivity index (χ1v) is 14.2. The van der Waals surface area contributed by atoms with Crippen molar-refractivity contribution in [1.29, 1.82) is 0 Å². The van der Waals surface area contributed by atoms with Crippen LogP contribution in [0.1, 0.15) is 32.0 Å². The molecule has 0 fully saturated rings. The maximum Gasteiger partial charge on any atom is 0.312 e. The van der Waals surface area contributed by atoms with Crippen LogP contribution >= 0.6 is 11.3 Å². The van der Waals surface area contributed by atoms with E-state index in [0.717, 1.165) is 16.1 Å². The molecule has 198 valence electrons. The Morgan fingerprint density at radius 3 is 2.42 bits per heavy atom. The monoisotopic (exact) mass is 551 g/mol. The zero-order chi connectivity index (χ0) is 27.2. The van der Waals surface area contributed by atoms with Crippen molar-refractivity contribution in [3.8, 4) is 10.6 Å². The number of thiazole rings is 1. The van der Waals surface area contributed by atoms with Gasteiger partial charge in [0.2, 0.25) is 0 Å². The van der Waals surface area contributed by atoms with E-state index < -0.39 is 15.4 Å². The minimum atomic E-state index is -3.93. The lowest BCUT2D eigenvalue weighted by molar-refractivity contribution is -0.152. The number of pyridine rings is 2. The number of benzene rings is 1. The van der Waals surface area contributed by atoms with Gasteiger partial charge in [0, 0.05) is 29.9 Å². The van der Waals surface area contributed by atoms with Crippen LogP contribution in [0, 0.1) is 5.41 Å². The molecule has 0 saturated heterocycles. The highest BCUT2D eigenvalue weighted by Gasteiger charge is 2.27. The van der Waals surface area contributed by atoms with Crippen LogP contribution < -0.4 is 5.32 Å². The van der Waals surface area contributed by atoms with Crippen LogP contribution in [0.25, 0.3) is 10.6 Å². The summed E-state index contributed by atoms with van der Waals surface area (Å²) in [5.74, 6) is 0.127. The number of carbonyl (C=O) groups is 1. The van der Waals surface area contributed by atoms with Crippen molar-refractivity contribution in [2.45, 2.75) is 38.9 Å². The number of hydrogen-bond donors (Lipinski definition) is 1. The highest BCUT2D eigenvalue weighted by Crippen LogP contribution is 2.24. The number of nitrogens with zero attached hydrogens (tertiary/aromatic N) is 4. The lowest BCUT2D eigenvalue weighted by Gasteiger charge is -2.22. The van der Waals surface area contributed by atoms with Crippen molar-refractivity contribution >= 4 is 33.1 Å². The van der Waals surface area contributed by atoms with Crippen LogP contribution in [0.4, 0.5) is 5.82 Å². The summed E-state index contributed by atoms with van der Waals surface area (Å²) in [5, 5.41) is 5.73. The average molecular weight is 552 g/mol. The van der Waals surface area contributed by atoms with Crippen LogP contribution in [-0.2, 0) is 32.6 Å². The van der Waals surface area contributed by atoms with Crippen LogP contribution in [0.5, 0.6) is 0 Å². The maximum atomic E-state index is 13.6. The van der Waals surface area contributed by atoms with Crippen molar-refractivity contribution in [3.63, 3.8) is 0 Å². The highest BCUT2D eigenvalue weighted by atomic mass is 32.2. The molecule has 3 aromatic heterocycles. The summed E-state index contributed by atoms with van der Waals surface area (Å²) in [4.78, 5) is 24.9. The molecule has 0 spiro atoms. The van der Waals surface area contributed by atoms with Gasteiger partial charge in [0.25, 0.3) is 10.0 Å². The second-order valence-corrected chi connectivity index (χ2v) is 12.3. The molecule has 4 aromatic rings. The average Bonchev–Trinajstić information content (AvgIpc) is 3.44. The fourth-order valence-electron chi connectivity index (χ4n) is 3.42. The molecule has 0 unspecified atom stereocenters. The van der Waals surface area contributed by atoms with Crippen molar-refractivity contribution < 1.29 is 17.9 Å². The van der Waals surface area contributed by atoms with Crippen LogP contribution in [0.15, 0.2) is 83.5 Å². The SMILES string of the molecule is CC(C)(C)C(=O)OCNc1cccc(CN(Cc2ccc(-c3nccs3)cc2)S(=O)(=O)c2ccccn2)n1. The topological polar surface area (TPSA) is 114 Å². The molecule has 0 aliphatic carbocycles. The molecule has 38 heavy (non-hydrogen) atoms. The molecule has 0 aliphatic heterocycles. The molecule has 3 heterocycles. The van der Waals surface area contributed by atoms with E-state index in [1.54, 1.807) is 68.6 Å². The third-order valence-corrected chi connectivity index (χ3v) is 7.98.